The van der Waals surface area contributed by atoms with Gasteiger partial charge < -0.3 is 55.6 Å². The van der Waals surface area contributed by atoms with Crippen molar-refractivity contribution in [1.29, 1.82) is 0 Å². The zero-order valence-electron chi connectivity index (χ0n) is 41.2. The number of hydrogen-bond acceptors (Lipinski definition) is 20. The molecule has 0 saturated carbocycles. The van der Waals surface area contributed by atoms with E-state index in [2.05, 4.69) is 29.9 Å². The molecule has 10 rings (SSSR count). The Labute approximate surface area is 437 Å². The van der Waals surface area contributed by atoms with Gasteiger partial charge in [-0.25, -0.2) is 44.3 Å². The molecular weight excluding hydrogens is 999 g/mol. The van der Waals surface area contributed by atoms with Crippen molar-refractivity contribution in [2.45, 2.75) is 81.8 Å². The molecule has 5 aromatic heterocycles. The van der Waals surface area contributed by atoms with Gasteiger partial charge >= 0.3 is 17.9 Å². The van der Waals surface area contributed by atoms with Crippen molar-refractivity contribution in [3.8, 4) is 22.9 Å². The van der Waals surface area contributed by atoms with Crippen LogP contribution in [0.3, 0.4) is 0 Å². The summed E-state index contributed by atoms with van der Waals surface area (Å²) in [4.78, 5) is 80.3. The molecule has 2 aliphatic rings. The molecule has 77 heavy (non-hydrogen) atoms. The minimum atomic E-state index is -1.18. The number of carbonyl (C=O) groups excluding carboxylic acids is 2. The van der Waals surface area contributed by atoms with Gasteiger partial charge in [-0.05, 0) is 78.8 Å². The molecule has 8 N–H and O–H groups in total. The summed E-state index contributed by atoms with van der Waals surface area (Å²) in [7, 11) is 1.27. The SMILES string of the molecule is COC(=O)c1ccc(CCCc2cc(-c3nc(N)c4ncn([C@@H]5O[C@H](COc6cncc(CCC(=O)c7ccccc7C(=O)O)c6)C[C@H]5O)c4n3)ccc2C(=O)O)cc1OC[C@@H]1C[C@@H](O)[C@H](n2cnc3c(N)ncnc32)O1. The van der Waals surface area contributed by atoms with Crippen molar-refractivity contribution < 1.29 is 63.3 Å². The first-order chi connectivity index (χ1) is 37.2. The Kier molecular flexibility index (Phi) is 14.8. The fraction of sp³-hybridized carbons (Fsp3) is 0.302. The van der Waals surface area contributed by atoms with Crippen molar-refractivity contribution in [2.75, 3.05) is 31.8 Å². The summed E-state index contributed by atoms with van der Waals surface area (Å²) in [6.45, 7) is 0.0368. The molecule has 0 unspecified atom stereocenters. The smallest absolute Gasteiger partial charge is 0.341 e. The van der Waals surface area contributed by atoms with Gasteiger partial charge in [-0.3, -0.25) is 18.9 Å². The number of rotatable bonds is 20. The number of ether oxygens (including phenoxy) is 5. The number of nitrogen functional groups attached to an aromatic ring is 2. The Morgan fingerprint density at radius 1 is 0.688 bits per heavy atom. The number of nitrogens with two attached hydrogens (primary N) is 2. The van der Waals surface area contributed by atoms with Gasteiger partial charge in [0.15, 0.2) is 47.0 Å². The first-order valence-corrected chi connectivity index (χ1v) is 24.5. The molecule has 2 aliphatic heterocycles. The number of benzene rings is 3. The zero-order chi connectivity index (χ0) is 53.9. The summed E-state index contributed by atoms with van der Waals surface area (Å²) in [6.07, 6.45) is 4.57. The number of pyridine rings is 1. The van der Waals surface area contributed by atoms with E-state index in [1.807, 2.05) is 0 Å². The van der Waals surface area contributed by atoms with Crippen LogP contribution < -0.4 is 20.9 Å². The van der Waals surface area contributed by atoms with E-state index in [1.54, 1.807) is 63.9 Å². The van der Waals surface area contributed by atoms with Crippen molar-refractivity contribution in [2.24, 2.45) is 0 Å². The van der Waals surface area contributed by atoms with Gasteiger partial charge in [-0.1, -0.05) is 30.3 Å². The largest absolute Gasteiger partial charge is 0.490 e. The van der Waals surface area contributed by atoms with Gasteiger partial charge in [-0.2, -0.15) is 0 Å². The van der Waals surface area contributed by atoms with Crippen LogP contribution >= 0.6 is 0 Å². The molecule has 24 heteroatoms. The van der Waals surface area contributed by atoms with Crippen LogP contribution in [0.4, 0.5) is 11.6 Å². The topological polar surface area (TPSA) is 347 Å². The molecule has 24 nitrogen and oxygen atoms in total. The normalized spacial score (nSPS) is 19.2. The maximum atomic E-state index is 12.9. The minimum Gasteiger partial charge on any atom is -0.490 e. The van der Waals surface area contributed by atoms with Crippen LogP contribution in [0, 0.1) is 0 Å². The molecule has 3 aromatic carbocycles. The summed E-state index contributed by atoms with van der Waals surface area (Å²) >= 11 is 0. The molecule has 8 aromatic rings. The van der Waals surface area contributed by atoms with Crippen LogP contribution in [-0.4, -0.2) is 133 Å². The fourth-order valence-corrected chi connectivity index (χ4v) is 9.59. The van der Waals surface area contributed by atoms with Crippen LogP contribution in [0.5, 0.6) is 11.5 Å². The molecule has 2 fully saturated rings. The van der Waals surface area contributed by atoms with Crippen molar-refractivity contribution in [3.63, 3.8) is 0 Å². The quantitative estimate of drug-likeness (QED) is 0.0440. The summed E-state index contributed by atoms with van der Waals surface area (Å²) in [5.41, 5.74) is 16.5. The van der Waals surface area contributed by atoms with E-state index in [1.165, 1.54) is 50.5 Å². The Morgan fingerprint density at radius 2 is 1.36 bits per heavy atom. The first-order valence-electron chi connectivity index (χ1n) is 24.5. The van der Waals surface area contributed by atoms with Crippen LogP contribution in [-0.2, 0) is 33.5 Å². The van der Waals surface area contributed by atoms with Gasteiger partial charge in [-0.15, -0.1) is 0 Å². The highest BCUT2D eigenvalue weighted by Gasteiger charge is 2.38. The first kappa shape index (κ1) is 51.5. The molecule has 0 radical (unpaired) electrons. The number of imidazole rings is 2. The number of aliphatic hydroxyl groups excluding tert-OH is 2. The van der Waals surface area contributed by atoms with Crippen LogP contribution in [0.1, 0.15) is 96.3 Å². The van der Waals surface area contributed by atoms with Crippen molar-refractivity contribution in [1.82, 2.24) is 44.0 Å². The second-order valence-corrected chi connectivity index (χ2v) is 18.5. The number of aryl methyl sites for hydroxylation is 3. The Morgan fingerprint density at radius 3 is 2.08 bits per heavy atom. The maximum absolute atomic E-state index is 12.9. The van der Waals surface area contributed by atoms with E-state index >= 15 is 0 Å². The number of nitrogens with zero attached hydrogens (tertiary/aromatic N) is 9. The number of ketones is 1. The molecule has 6 atom stereocenters. The number of carbonyl (C=O) groups is 4. The number of hydrogen-bond donors (Lipinski definition) is 6. The highest BCUT2D eigenvalue weighted by Crippen LogP contribution is 2.35. The lowest BCUT2D eigenvalue weighted by Crippen LogP contribution is -2.20. The maximum Gasteiger partial charge on any atom is 0.341 e. The predicted molar refractivity (Wildman–Crippen MR) is 272 cm³/mol. The molecule has 396 valence electrons. The van der Waals surface area contributed by atoms with E-state index in [4.69, 9.17) is 40.1 Å². The van der Waals surface area contributed by atoms with Crippen molar-refractivity contribution >= 4 is 57.7 Å². The molecule has 2 saturated heterocycles. The Balaban J connectivity index is 0.784. The molecule has 0 aliphatic carbocycles. The van der Waals surface area contributed by atoms with Gasteiger partial charge in [0.05, 0.1) is 49.3 Å². The third-order valence-corrected chi connectivity index (χ3v) is 13.4. The van der Waals surface area contributed by atoms with E-state index in [9.17, 15) is 39.6 Å². The zero-order valence-corrected chi connectivity index (χ0v) is 41.2. The summed E-state index contributed by atoms with van der Waals surface area (Å²) in [5, 5.41) is 41.9. The highest BCUT2D eigenvalue weighted by atomic mass is 16.6. The number of anilines is 2. The molecular formula is C53H51N11O13. The summed E-state index contributed by atoms with van der Waals surface area (Å²) < 4.78 is 32.8. The lowest BCUT2D eigenvalue weighted by molar-refractivity contribution is -0.0458. The molecule has 0 amide bonds. The third kappa shape index (κ3) is 10.9. The third-order valence-electron chi connectivity index (χ3n) is 13.4. The number of carboxylic acid groups (broad SMARTS) is 2. The number of esters is 1. The van der Waals surface area contributed by atoms with Crippen LogP contribution in [0.25, 0.3) is 33.7 Å². The Hall–Kier alpha value is -8.97. The highest BCUT2D eigenvalue weighted by molar-refractivity contribution is 6.05. The standard InChI is InChI=1S/C53H51N11O13/c1-73-53(72)37-12-9-27(16-41(37)75-23-33-19-39(66)49(77-33)63-25-59-42-44(54)57-24-58-47(42)63)5-4-6-29-17-30(11-13-34(29)51(68)69)46-61-45(55)43-48(62-46)64(26-60-43)50-40(67)18-32(76-50)22-74-31-15-28(20-56-21-31)10-14-38(65)35-7-2-3-8-36(35)52(70)71/h2-3,7-9,11-13,15-17,20-21,24-26,32-33,39-40,49-50,66-67H,4-6,10,14,18-19,22-23H2,1H3,(H,68,69)(H,70,71)(H2,54,57,58)(H2,55,61,62)/t32-,33-,39+,40+,49+,50+/m0/s1. The van der Waals surface area contributed by atoms with Gasteiger partial charge in [0, 0.05) is 36.6 Å². The van der Waals surface area contributed by atoms with E-state index < -0.39 is 54.8 Å². The average Bonchev–Trinajstić information content (AvgIpc) is 4.30. The van der Waals surface area contributed by atoms with Crippen molar-refractivity contribution in [3.05, 3.63) is 137 Å². The number of aromatic nitrogens is 9. The minimum absolute atomic E-state index is 0.0121. The number of carboxylic acids is 2. The Bertz CT molecular complexity index is 3550. The molecule has 0 spiro atoms. The monoisotopic (exact) mass is 1050 g/mol. The second-order valence-electron chi connectivity index (χ2n) is 18.5. The molecule has 7 heterocycles. The number of methoxy groups -OCH3 is 1. The van der Waals surface area contributed by atoms with E-state index in [0.29, 0.717) is 59.3 Å². The van der Waals surface area contributed by atoms with E-state index in [-0.39, 0.29) is 94.9 Å². The lowest BCUT2D eigenvalue weighted by atomic mass is 9.97. The van der Waals surface area contributed by atoms with Gasteiger partial charge in [0.2, 0.25) is 0 Å². The lowest BCUT2D eigenvalue weighted by Gasteiger charge is -2.18. The fourth-order valence-electron chi connectivity index (χ4n) is 9.59. The molecule has 0 bridgehead atoms. The summed E-state index contributed by atoms with van der Waals surface area (Å²) in [6, 6.07) is 17.7. The predicted octanol–water partition coefficient (Wildman–Crippen LogP) is 4.82. The van der Waals surface area contributed by atoms with Gasteiger partial charge in [0.1, 0.15) is 59.8 Å². The number of Topliss-reactive ketones (excluding diaryl/α,β-unsaturated/α-hetero) is 1. The average molecular weight is 1050 g/mol. The van der Waals surface area contributed by atoms with E-state index in [0.717, 1.165) is 5.56 Å². The van der Waals surface area contributed by atoms with Gasteiger partial charge in [0.25, 0.3) is 0 Å². The number of aliphatic hydroxyl groups is 2. The van der Waals surface area contributed by atoms with Crippen LogP contribution in [0.2, 0.25) is 0 Å². The van der Waals surface area contributed by atoms with Crippen LogP contribution in [0.15, 0.2) is 98.1 Å². The summed E-state index contributed by atoms with van der Waals surface area (Å²) in [5.74, 6) is -2.14. The number of fused-ring (bicyclic) bond motifs is 2. The number of aromatic carboxylic acids is 2. The second kappa shape index (κ2) is 22.1.